The molecule has 586 valence electrons. The van der Waals surface area contributed by atoms with Crippen molar-refractivity contribution in [3.8, 4) is 11.4 Å². The van der Waals surface area contributed by atoms with E-state index in [1.807, 2.05) is 66.3 Å². The molecule has 120 heavy (non-hydrogen) atoms. The van der Waals surface area contributed by atoms with Crippen molar-refractivity contribution in [3.63, 3.8) is 0 Å². The smallest absolute Gasteiger partial charge is 0.0652 e. The summed E-state index contributed by atoms with van der Waals surface area (Å²) < 4.78 is 9.42. The average Bonchev–Trinajstić information content (AvgIpc) is 1.61. The molecule has 0 aliphatic carbocycles. The van der Waals surface area contributed by atoms with E-state index in [9.17, 15) is 0 Å². The third kappa shape index (κ3) is 14.4. The van der Waals surface area contributed by atoms with E-state index in [-0.39, 0.29) is 0 Å². The van der Waals surface area contributed by atoms with E-state index in [1.165, 1.54) is 132 Å². The maximum Gasteiger partial charge on any atom is 0.0652 e. The molecule has 4 unspecified atom stereocenters. The number of fused-ring (bicyclic) bond motifs is 15. The average molecular weight is 1560 g/mol. The lowest BCUT2D eigenvalue weighted by atomic mass is 9.99. The molecular formula is C108H94N12. The van der Waals surface area contributed by atoms with E-state index in [0.717, 1.165) is 59.6 Å². The molecule has 0 radical (unpaired) electrons. The summed E-state index contributed by atoms with van der Waals surface area (Å²) in [5, 5.41) is 38.1. The summed E-state index contributed by atoms with van der Waals surface area (Å²) >= 11 is 0. The van der Waals surface area contributed by atoms with Gasteiger partial charge in [-0.15, -0.1) is 0 Å². The van der Waals surface area contributed by atoms with Gasteiger partial charge in [-0.1, -0.05) is 231 Å². The highest BCUT2D eigenvalue weighted by atomic mass is 15.5. The van der Waals surface area contributed by atoms with Crippen LogP contribution in [0.15, 0.2) is 384 Å². The van der Waals surface area contributed by atoms with Crippen LogP contribution in [0.2, 0.25) is 0 Å². The van der Waals surface area contributed by atoms with Gasteiger partial charge in [-0.05, 0) is 226 Å². The molecule has 0 saturated heterocycles. The van der Waals surface area contributed by atoms with Crippen LogP contribution in [0.1, 0.15) is 86.4 Å². The van der Waals surface area contributed by atoms with Gasteiger partial charge in [0.2, 0.25) is 0 Å². The minimum Gasteiger partial charge on any atom is -0.341 e. The summed E-state index contributed by atoms with van der Waals surface area (Å²) in [7, 11) is 0. The standard InChI is InChI=1S/C29H25N3.C28H23N3.C27H23N3.C24H23N3/c1-20-21(2)32(29-15-9-6-12-24(20)29)30-19-22-16-17-28-26(18-22)25-13-7-8-14-27(25)31(28)23-10-4-3-5-11-23;1-20-17-22-9-5-7-13-26(22)31(20)29-19-21-15-16-28-25(18-21)24-12-6-8-14-27(24)30(28)23-10-3-2-4-11-23;1-2-29-26-16-10-9-15-24(26)25-19-21(17-18-27(25)29)20-28-30(22-11-5-3-6-12-22)23-13-7-4-8-14-23;1-3-26-23-11-7-5-9-20(23)21-15-18(12-13-24(21)26)16-25-27-17(2)14-19-8-4-6-10-22(19)27/h3-21H,1-2H3;2-16,18-20H,17H2,1H3;3-20H,2H2,1H3;4-13,15-17H,3,14H2,1-2H3/b30-19+;29-19+;28-20+;25-16+. The number of hydrazone groups is 4. The Morgan fingerprint density at radius 3 is 1.02 bits per heavy atom. The van der Waals surface area contributed by atoms with Gasteiger partial charge in [0.15, 0.2) is 0 Å². The van der Waals surface area contributed by atoms with Gasteiger partial charge in [0.1, 0.15) is 0 Å². The lowest BCUT2D eigenvalue weighted by Gasteiger charge is -2.20. The van der Waals surface area contributed by atoms with Gasteiger partial charge in [-0.25, -0.2) is 5.01 Å². The Labute approximate surface area is 700 Å². The molecule has 0 fully saturated rings. The van der Waals surface area contributed by atoms with Gasteiger partial charge >= 0.3 is 0 Å². The Balaban J connectivity index is 0.000000106. The number of hydrogen-bond acceptors (Lipinski definition) is 8. The van der Waals surface area contributed by atoms with Gasteiger partial charge in [-0.2, -0.15) is 20.4 Å². The van der Waals surface area contributed by atoms with Crippen molar-refractivity contribution in [2.75, 3.05) is 20.0 Å². The van der Waals surface area contributed by atoms with Crippen molar-refractivity contribution >= 4 is 141 Å². The molecule has 15 aromatic carbocycles. The highest BCUT2D eigenvalue weighted by Gasteiger charge is 2.33. The van der Waals surface area contributed by atoms with Crippen LogP contribution < -0.4 is 20.0 Å². The second kappa shape index (κ2) is 33.2. The lowest BCUT2D eigenvalue weighted by Crippen LogP contribution is -2.25. The summed E-state index contributed by atoms with van der Waals surface area (Å²) in [6.45, 7) is 15.3. The fourth-order valence-electron chi connectivity index (χ4n) is 18.2. The fraction of sp³-hybridized carbons (Fsp3) is 0.130. The molecule has 12 heteroatoms. The first-order valence-electron chi connectivity index (χ1n) is 42.0. The minimum absolute atomic E-state index is 0.340. The van der Waals surface area contributed by atoms with Crippen molar-refractivity contribution < 1.29 is 0 Å². The molecule has 0 saturated carbocycles. The predicted octanol–water partition coefficient (Wildman–Crippen LogP) is 26.3. The molecule has 0 N–H and O–H groups in total. The number of para-hydroxylation sites is 11. The number of aryl methyl sites for hydroxylation is 2. The molecule has 19 aromatic rings. The highest BCUT2D eigenvalue weighted by molar-refractivity contribution is 6.14. The summed E-state index contributed by atoms with van der Waals surface area (Å²) in [6, 6.07) is 129. The van der Waals surface area contributed by atoms with Crippen LogP contribution in [-0.4, -0.2) is 61.3 Å². The zero-order valence-corrected chi connectivity index (χ0v) is 68.5. The Bertz CT molecular complexity index is 7030. The van der Waals surface area contributed by atoms with Crippen molar-refractivity contribution in [2.45, 2.75) is 91.5 Å². The summed E-state index contributed by atoms with van der Waals surface area (Å²) in [4.78, 5) is 0. The Morgan fingerprint density at radius 1 is 0.292 bits per heavy atom. The Hall–Kier alpha value is -14.6. The molecule has 0 spiro atoms. The van der Waals surface area contributed by atoms with E-state index in [0.29, 0.717) is 24.0 Å². The van der Waals surface area contributed by atoms with Gasteiger partial charge in [0.25, 0.3) is 0 Å². The molecular weight excluding hydrogens is 1470 g/mol. The summed E-state index contributed by atoms with van der Waals surface area (Å²) in [5.41, 5.74) is 26.6. The number of hydrogen-bond donors (Lipinski definition) is 0. The summed E-state index contributed by atoms with van der Waals surface area (Å²) in [6.07, 6.45) is 10.0. The number of rotatable bonds is 14. The summed E-state index contributed by atoms with van der Waals surface area (Å²) in [5.74, 6) is 0.467. The van der Waals surface area contributed by atoms with Crippen molar-refractivity contribution in [1.29, 1.82) is 0 Å². The fourth-order valence-corrected chi connectivity index (χ4v) is 18.2. The number of nitrogens with zero attached hydrogens (tertiary/aromatic N) is 12. The van der Waals surface area contributed by atoms with E-state index in [4.69, 9.17) is 20.4 Å². The third-order valence-electron chi connectivity index (χ3n) is 24.1. The van der Waals surface area contributed by atoms with Gasteiger partial charge in [-0.3, -0.25) is 15.0 Å². The van der Waals surface area contributed by atoms with E-state index >= 15 is 0 Å². The van der Waals surface area contributed by atoms with Gasteiger partial charge in [0.05, 0.1) is 93.5 Å². The number of benzene rings is 15. The maximum absolute atomic E-state index is 4.92. The normalized spacial score (nSPS) is 15.6. The molecule has 4 atom stereocenters. The second-order valence-corrected chi connectivity index (χ2v) is 31.5. The van der Waals surface area contributed by atoms with Crippen molar-refractivity contribution in [3.05, 3.63) is 403 Å². The van der Waals surface area contributed by atoms with Crippen molar-refractivity contribution in [1.82, 2.24) is 18.3 Å². The molecule has 3 aliphatic heterocycles. The second-order valence-electron chi connectivity index (χ2n) is 31.5. The molecule has 0 amide bonds. The SMILES string of the molecule is CC1Cc2ccccc2N1/N=C/c1ccc2c(c1)c1ccccc1n2-c1ccccc1.CC1c2ccccc2N(/N=C/c2ccc3c(c2)c2ccccc2n3-c2ccccc2)C1C.CCn1c2ccccc2c2cc(/C=N/N(c3ccccc3)c3ccccc3)ccc21.CCn1c2ccccc2c2cc(/C=N/N3c4ccccc4CC3C)ccc21. The third-order valence-corrected chi connectivity index (χ3v) is 24.1. The molecule has 4 aromatic heterocycles. The first kappa shape index (κ1) is 75.4. The lowest BCUT2D eigenvalue weighted by molar-refractivity contribution is 0.607. The first-order valence-corrected chi connectivity index (χ1v) is 42.0. The van der Waals surface area contributed by atoms with E-state index in [2.05, 4.69) is 402 Å². The van der Waals surface area contributed by atoms with E-state index < -0.39 is 0 Å². The number of anilines is 5. The maximum atomic E-state index is 4.92. The first-order chi connectivity index (χ1) is 59.1. The Kier molecular flexibility index (Phi) is 20.9. The van der Waals surface area contributed by atoms with Gasteiger partial charge < -0.3 is 18.3 Å². The van der Waals surface area contributed by atoms with Crippen LogP contribution in [0.25, 0.3) is 98.6 Å². The molecule has 3 aliphatic rings. The van der Waals surface area contributed by atoms with Crippen LogP contribution in [0, 0.1) is 0 Å². The number of aromatic nitrogens is 4. The van der Waals surface area contributed by atoms with Crippen LogP contribution in [0.4, 0.5) is 28.4 Å². The zero-order chi connectivity index (χ0) is 81.2. The van der Waals surface area contributed by atoms with Gasteiger partial charge in [0, 0.05) is 95.5 Å². The molecule has 22 rings (SSSR count). The molecule has 0 bridgehead atoms. The van der Waals surface area contributed by atoms with Crippen molar-refractivity contribution in [2.24, 2.45) is 20.4 Å². The Morgan fingerprint density at radius 2 is 0.600 bits per heavy atom. The van der Waals surface area contributed by atoms with E-state index in [1.54, 1.807) is 0 Å². The quantitative estimate of drug-likeness (QED) is 0.0802. The monoisotopic (exact) mass is 1560 g/mol. The molecule has 12 nitrogen and oxygen atoms in total. The zero-order valence-electron chi connectivity index (χ0n) is 68.5. The van der Waals surface area contributed by atoms with Crippen LogP contribution in [0.5, 0.6) is 0 Å². The molecule has 7 heterocycles. The highest BCUT2D eigenvalue weighted by Crippen LogP contribution is 2.43. The van der Waals surface area contributed by atoms with Crippen LogP contribution in [-0.2, 0) is 25.9 Å². The largest absolute Gasteiger partial charge is 0.341 e. The van der Waals surface area contributed by atoms with Crippen LogP contribution >= 0.6 is 0 Å². The predicted molar refractivity (Wildman–Crippen MR) is 508 cm³/mol. The van der Waals surface area contributed by atoms with Crippen LogP contribution in [0.3, 0.4) is 0 Å². The minimum atomic E-state index is 0.340. The topological polar surface area (TPSA) is 82.1 Å².